The van der Waals surface area contributed by atoms with Crippen LogP contribution in [0.4, 0.5) is 0 Å². The van der Waals surface area contributed by atoms with E-state index in [0.29, 0.717) is 5.41 Å². The van der Waals surface area contributed by atoms with E-state index in [-0.39, 0.29) is 3.23 Å². The molecule has 0 saturated heterocycles. The number of halogens is 4. The van der Waals surface area contributed by atoms with Gasteiger partial charge in [0, 0.05) is 10.7 Å². The Bertz CT molecular complexity index is 139. The first-order chi connectivity index (χ1) is 5.54. The second kappa shape index (κ2) is 4.63. The molecule has 0 unspecified atom stereocenters. The van der Waals surface area contributed by atoms with E-state index in [4.69, 9.17) is 0 Å². The summed E-state index contributed by atoms with van der Waals surface area (Å²) in [6.07, 6.45) is 4.98. The molecule has 1 aliphatic carbocycles. The average molecular weight is 428 g/mol. The lowest BCUT2D eigenvalue weighted by molar-refractivity contribution is 0.262. The highest BCUT2D eigenvalue weighted by molar-refractivity contribution is 9.25. The third-order valence-electron chi connectivity index (χ3n) is 2.61. The largest absolute Gasteiger partial charge is 0.0922 e. The molecule has 72 valence electrons. The molecule has 1 aliphatic rings. The normalized spacial score (nSPS) is 27.0. The van der Waals surface area contributed by atoms with Gasteiger partial charge in [-0.15, -0.1) is 0 Å². The standard InChI is InChI=1S/C8H12Br4/c9-5-7(6-10)1-3-8(11,12)4-2-7/h1-6H2. The summed E-state index contributed by atoms with van der Waals surface area (Å²) in [5.41, 5.74) is 0.491. The highest BCUT2D eigenvalue weighted by Gasteiger charge is 2.38. The van der Waals surface area contributed by atoms with E-state index in [9.17, 15) is 0 Å². The van der Waals surface area contributed by atoms with Crippen LogP contribution in [0.3, 0.4) is 0 Å². The molecule has 0 aromatic heterocycles. The van der Waals surface area contributed by atoms with E-state index in [2.05, 4.69) is 63.7 Å². The van der Waals surface area contributed by atoms with Crippen LogP contribution in [0.15, 0.2) is 0 Å². The molecular weight excluding hydrogens is 416 g/mol. The molecule has 0 spiro atoms. The number of hydrogen-bond acceptors (Lipinski definition) is 0. The first-order valence-electron chi connectivity index (χ1n) is 4.03. The van der Waals surface area contributed by atoms with Gasteiger partial charge in [-0.05, 0) is 31.1 Å². The van der Waals surface area contributed by atoms with Crippen molar-refractivity contribution < 1.29 is 0 Å². The Kier molecular flexibility index (Phi) is 4.62. The molecule has 0 bridgehead atoms. The Balaban J connectivity index is 2.53. The van der Waals surface area contributed by atoms with Crippen molar-refractivity contribution in [1.29, 1.82) is 0 Å². The van der Waals surface area contributed by atoms with Gasteiger partial charge in [0.1, 0.15) is 0 Å². The fourth-order valence-electron chi connectivity index (χ4n) is 1.45. The van der Waals surface area contributed by atoms with Gasteiger partial charge in [-0.25, -0.2) is 0 Å². The SMILES string of the molecule is BrCC1(CBr)CCC(Br)(Br)CC1. The second-order valence-corrected chi connectivity index (χ2v) is 8.84. The van der Waals surface area contributed by atoms with Gasteiger partial charge in [-0.2, -0.15) is 0 Å². The van der Waals surface area contributed by atoms with E-state index in [1.54, 1.807) is 0 Å². The quantitative estimate of drug-likeness (QED) is 0.554. The molecule has 0 aromatic rings. The fraction of sp³-hybridized carbons (Fsp3) is 1.00. The Hall–Kier alpha value is 1.92. The summed E-state index contributed by atoms with van der Waals surface area (Å²) in [5.74, 6) is 0. The third kappa shape index (κ3) is 2.96. The molecule has 0 N–H and O–H groups in total. The van der Waals surface area contributed by atoms with Crippen molar-refractivity contribution in [3.8, 4) is 0 Å². The first kappa shape index (κ1) is 12.0. The molecule has 0 amide bonds. The van der Waals surface area contributed by atoms with Gasteiger partial charge in [0.25, 0.3) is 0 Å². The predicted octanol–water partition coefficient (Wildman–Crippen LogP) is 4.82. The zero-order valence-electron chi connectivity index (χ0n) is 6.75. The lowest BCUT2D eigenvalue weighted by Crippen LogP contribution is -2.34. The number of rotatable bonds is 2. The van der Waals surface area contributed by atoms with E-state index in [0.717, 1.165) is 10.7 Å². The summed E-state index contributed by atoms with van der Waals surface area (Å²) in [6.45, 7) is 0. The number of alkyl halides is 4. The highest BCUT2D eigenvalue weighted by atomic mass is 79.9. The second-order valence-electron chi connectivity index (χ2n) is 3.62. The molecule has 1 saturated carbocycles. The van der Waals surface area contributed by atoms with Crippen LogP contribution in [0.2, 0.25) is 0 Å². The summed E-state index contributed by atoms with van der Waals surface area (Å²) in [5, 5.41) is 2.22. The minimum atomic E-state index is 0.216. The fourth-order valence-corrected chi connectivity index (χ4v) is 4.29. The van der Waals surface area contributed by atoms with Gasteiger partial charge < -0.3 is 0 Å². The van der Waals surface area contributed by atoms with Crippen LogP contribution < -0.4 is 0 Å². The number of hydrogen-bond donors (Lipinski definition) is 0. The van der Waals surface area contributed by atoms with Crippen molar-refractivity contribution in [3.63, 3.8) is 0 Å². The van der Waals surface area contributed by atoms with Crippen molar-refractivity contribution >= 4 is 63.7 Å². The zero-order chi connectivity index (χ0) is 9.24. The molecule has 0 aromatic carbocycles. The molecule has 1 fully saturated rings. The molecule has 0 radical (unpaired) electrons. The van der Waals surface area contributed by atoms with Gasteiger partial charge in [0.05, 0.1) is 3.23 Å². The lowest BCUT2D eigenvalue weighted by Gasteiger charge is -2.39. The molecule has 0 aliphatic heterocycles. The Morgan fingerprint density at radius 2 is 1.25 bits per heavy atom. The van der Waals surface area contributed by atoms with Crippen molar-refractivity contribution in [2.24, 2.45) is 5.41 Å². The van der Waals surface area contributed by atoms with Gasteiger partial charge in [0.15, 0.2) is 0 Å². The van der Waals surface area contributed by atoms with Crippen LogP contribution in [0.1, 0.15) is 25.7 Å². The van der Waals surface area contributed by atoms with Crippen molar-refractivity contribution in [1.82, 2.24) is 0 Å². The molecular formula is C8H12Br4. The van der Waals surface area contributed by atoms with Crippen molar-refractivity contribution in [3.05, 3.63) is 0 Å². The van der Waals surface area contributed by atoms with Crippen molar-refractivity contribution in [2.45, 2.75) is 28.9 Å². The van der Waals surface area contributed by atoms with Crippen LogP contribution in [0.5, 0.6) is 0 Å². The first-order valence-corrected chi connectivity index (χ1v) is 7.86. The van der Waals surface area contributed by atoms with Crippen LogP contribution in [-0.2, 0) is 0 Å². The summed E-state index contributed by atoms with van der Waals surface area (Å²) in [4.78, 5) is 0. The van der Waals surface area contributed by atoms with Crippen LogP contribution in [0, 0.1) is 5.41 Å². The summed E-state index contributed by atoms with van der Waals surface area (Å²) < 4.78 is 0.216. The Morgan fingerprint density at radius 1 is 0.833 bits per heavy atom. The molecule has 12 heavy (non-hydrogen) atoms. The van der Waals surface area contributed by atoms with Gasteiger partial charge in [-0.1, -0.05) is 63.7 Å². The van der Waals surface area contributed by atoms with Crippen LogP contribution in [-0.4, -0.2) is 13.9 Å². The molecule has 0 nitrogen and oxygen atoms in total. The third-order valence-corrected chi connectivity index (χ3v) is 6.57. The molecule has 0 atom stereocenters. The predicted molar refractivity (Wildman–Crippen MR) is 69.1 cm³/mol. The monoisotopic (exact) mass is 424 g/mol. The van der Waals surface area contributed by atoms with Gasteiger partial charge in [0.2, 0.25) is 0 Å². The average Bonchev–Trinajstić information content (AvgIpc) is 2.06. The summed E-state index contributed by atoms with van der Waals surface area (Å²) in [6, 6.07) is 0. The zero-order valence-corrected chi connectivity index (χ0v) is 13.1. The van der Waals surface area contributed by atoms with Gasteiger partial charge >= 0.3 is 0 Å². The van der Waals surface area contributed by atoms with Crippen LogP contribution in [0.25, 0.3) is 0 Å². The maximum absolute atomic E-state index is 3.69. The Labute approximate surface area is 108 Å². The van der Waals surface area contributed by atoms with Crippen molar-refractivity contribution in [2.75, 3.05) is 10.7 Å². The summed E-state index contributed by atoms with van der Waals surface area (Å²) >= 11 is 14.6. The minimum Gasteiger partial charge on any atom is -0.0922 e. The lowest BCUT2D eigenvalue weighted by atomic mass is 9.77. The minimum absolute atomic E-state index is 0.216. The maximum atomic E-state index is 3.69. The highest BCUT2D eigenvalue weighted by Crippen LogP contribution is 2.49. The van der Waals surface area contributed by atoms with Crippen LogP contribution >= 0.6 is 63.7 Å². The van der Waals surface area contributed by atoms with E-state index in [1.165, 1.54) is 25.7 Å². The van der Waals surface area contributed by atoms with E-state index < -0.39 is 0 Å². The molecule has 1 rings (SSSR count). The van der Waals surface area contributed by atoms with E-state index in [1.807, 2.05) is 0 Å². The smallest absolute Gasteiger partial charge is 0.0806 e. The Morgan fingerprint density at radius 3 is 1.58 bits per heavy atom. The molecule has 4 heteroatoms. The van der Waals surface area contributed by atoms with E-state index >= 15 is 0 Å². The topological polar surface area (TPSA) is 0 Å². The van der Waals surface area contributed by atoms with Gasteiger partial charge in [-0.3, -0.25) is 0 Å². The molecule has 0 heterocycles. The summed E-state index contributed by atoms with van der Waals surface area (Å²) in [7, 11) is 0. The maximum Gasteiger partial charge on any atom is 0.0806 e.